The molecular formula is C17H23N9. The van der Waals surface area contributed by atoms with E-state index in [1.165, 1.54) is 0 Å². The largest absolute Gasteiger partial charge is 0.384 e. The third-order valence-electron chi connectivity index (χ3n) is 4.97. The minimum absolute atomic E-state index is 0.295. The molecular weight excluding hydrogens is 330 g/mol. The van der Waals surface area contributed by atoms with E-state index in [0.29, 0.717) is 24.2 Å². The van der Waals surface area contributed by atoms with Gasteiger partial charge in [-0.1, -0.05) is 0 Å². The van der Waals surface area contributed by atoms with E-state index in [1.807, 2.05) is 20.2 Å². The monoisotopic (exact) mass is 353 g/mol. The van der Waals surface area contributed by atoms with E-state index in [0.717, 1.165) is 43.4 Å². The van der Waals surface area contributed by atoms with Crippen molar-refractivity contribution in [1.82, 2.24) is 34.3 Å². The quantitative estimate of drug-likeness (QED) is 0.749. The Kier molecular flexibility index (Phi) is 4.27. The maximum Gasteiger partial charge on any atom is 0.227 e. The summed E-state index contributed by atoms with van der Waals surface area (Å²) in [7, 11) is 2.03. The standard InChI is InChI=1S/C17H23N9/c1-12-19-7-9-25(12)11-15-22-23-16(24(15)2)13-4-3-8-26(10-13)17-20-6-5-14(18)21-17/h5-7,9,13H,3-4,8,10-11H2,1-2H3,(H2,18,20,21)/t13-/m0/s1. The molecule has 0 unspecified atom stereocenters. The molecule has 0 amide bonds. The van der Waals surface area contributed by atoms with Crippen LogP contribution in [0.3, 0.4) is 0 Å². The Morgan fingerprint density at radius 2 is 2.12 bits per heavy atom. The zero-order valence-electron chi connectivity index (χ0n) is 15.1. The molecule has 9 nitrogen and oxygen atoms in total. The molecule has 3 aromatic heterocycles. The van der Waals surface area contributed by atoms with Gasteiger partial charge in [-0.05, 0) is 25.8 Å². The second-order valence-electron chi connectivity index (χ2n) is 6.70. The Morgan fingerprint density at radius 3 is 2.88 bits per heavy atom. The number of aryl methyl sites for hydroxylation is 1. The lowest BCUT2D eigenvalue weighted by atomic mass is 9.97. The molecule has 0 aromatic carbocycles. The summed E-state index contributed by atoms with van der Waals surface area (Å²) in [5.74, 6) is 4.38. The number of anilines is 2. The highest BCUT2D eigenvalue weighted by Crippen LogP contribution is 2.28. The van der Waals surface area contributed by atoms with Gasteiger partial charge in [-0.3, -0.25) is 0 Å². The number of aromatic nitrogens is 7. The number of nitrogens with zero attached hydrogens (tertiary/aromatic N) is 8. The molecule has 1 saturated heterocycles. The lowest BCUT2D eigenvalue weighted by molar-refractivity contribution is 0.473. The molecule has 0 spiro atoms. The van der Waals surface area contributed by atoms with Gasteiger partial charge in [0.1, 0.15) is 17.5 Å². The normalized spacial score (nSPS) is 17.6. The minimum Gasteiger partial charge on any atom is -0.384 e. The fourth-order valence-corrected chi connectivity index (χ4v) is 3.48. The smallest absolute Gasteiger partial charge is 0.227 e. The van der Waals surface area contributed by atoms with Crippen LogP contribution in [-0.4, -0.2) is 47.4 Å². The average molecular weight is 353 g/mol. The van der Waals surface area contributed by atoms with Crippen molar-refractivity contribution in [3.05, 3.63) is 42.1 Å². The second-order valence-corrected chi connectivity index (χ2v) is 6.70. The maximum absolute atomic E-state index is 5.80. The van der Waals surface area contributed by atoms with Crippen molar-refractivity contribution in [2.45, 2.75) is 32.2 Å². The zero-order chi connectivity index (χ0) is 18.1. The Morgan fingerprint density at radius 1 is 1.23 bits per heavy atom. The van der Waals surface area contributed by atoms with Gasteiger partial charge in [0.05, 0.1) is 6.54 Å². The third kappa shape index (κ3) is 3.12. The molecule has 3 aromatic rings. The molecule has 0 bridgehead atoms. The molecule has 0 radical (unpaired) electrons. The van der Waals surface area contributed by atoms with Crippen LogP contribution in [0.15, 0.2) is 24.7 Å². The number of hydrogen-bond acceptors (Lipinski definition) is 7. The number of imidazole rings is 1. The first-order valence-corrected chi connectivity index (χ1v) is 8.81. The van der Waals surface area contributed by atoms with E-state index in [2.05, 4.69) is 39.2 Å². The molecule has 26 heavy (non-hydrogen) atoms. The summed E-state index contributed by atoms with van der Waals surface area (Å²) in [6.45, 7) is 4.41. The molecule has 4 rings (SSSR count). The second kappa shape index (κ2) is 6.74. The molecule has 1 aliphatic heterocycles. The van der Waals surface area contributed by atoms with Crippen LogP contribution in [0.2, 0.25) is 0 Å². The van der Waals surface area contributed by atoms with Crippen molar-refractivity contribution in [3.63, 3.8) is 0 Å². The summed E-state index contributed by atoms with van der Waals surface area (Å²) in [5.41, 5.74) is 5.80. The van der Waals surface area contributed by atoms with Gasteiger partial charge < -0.3 is 19.8 Å². The Hall–Kier alpha value is -2.97. The van der Waals surface area contributed by atoms with Crippen molar-refractivity contribution in [3.8, 4) is 0 Å². The first kappa shape index (κ1) is 16.5. The summed E-state index contributed by atoms with van der Waals surface area (Å²) in [6.07, 6.45) is 7.61. The Bertz CT molecular complexity index is 897. The van der Waals surface area contributed by atoms with Crippen LogP contribution < -0.4 is 10.6 Å². The van der Waals surface area contributed by atoms with Crippen LogP contribution in [0.25, 0.3) is 0 Å². The summed E-state index contributed by atoms with van der Waals surface area (Å²) >= 11 is 0. The highest BCUT2D eigenvalue weighted by atomic mass is 15.3. The molecule has 1 atom stereocenters. The van der Waals surface area contributed by atoms with Crippen LogP contribution in [0.4, 0.5) is 11.8 Å². The summed E-state index contributed by atoms with van der Waals surface area (Å²) < 4.78 is 4.18. The first-order chi connectivity index (χ1) is 12.6. The maximum atomic E-state index is 5.80. The third-order valence-corrected chi connectivity index (χ3v) is 4.97. The molecule has 0 saturated carbocycles. The summed E-state index contributed by atoms with van der Waals surface area (Å²) in [4.78, 5) is 15.2. The van der Waals surface area contributed by atoms with Gasteiger partial charge >= 0.3 is 0 Å². The van der Waals surface area contributed by atoms with Crippen molar-refractivity contribution in [1.29, 1.82) is 0 Å². The Labute approximate surface area is 151 Å². The predicted octanol–water partition coefficient (Wildman–Crippen LogP) is 1.12. The SMILES string of the molecule is Cc1nccn1Cc1nnc([C@H]2CCCN(c3nccc(N)n3)C2)n1C. The lowest BCUT2D eigenvalue weighted by Crippen LogP contribution is -2.36. The number of piperidine rings is 1. The molecule has 9 heteroatoms. The van der Waals surface area contributed by atoms with E-state index >= 15 is 0 Å². The van der Waals surface area contributed by atoms with Crippen molar-refractivity contribution in [2.75, 3.05) is 23.7 Å². The van der Waals surface area contributed by atoms with Gasteiger partial charge in [0.2, 0.25) is 5.95 Å². The van der Waals surface area contributed by atoms with Gasteiger partial charge in [0.15, 0.2) is 5.82 Å². The minimum atomic E-state index is 0.295. The van der Waals surface area contributed by atoms with Crippen LogP contribution >= 0.6 is 0 Å². The van der Waals surface area contributed by atoms with Crippen molar-refractivity contribution >= 4 is 11.8 Å². The van der Waals surface area contributed by atoms with E-state index in [4.69, 9.17) is 5.73 Å². The zero-order valence-corrected chi connectivity index (χ0v) is 15.1. The highest BCUT2D eigenvalue weighted by Gasteiger charge is 2.27. The first-order valence-electron chi connectivity index (χ1n) is 8.81. The van der Waals surface area contributed by atoms with Gasteiger partial charge in [0, 0.05) is 44.6 Å². The number of rotatable bonds is 4. The van der Waals surface area contributed by atoms with E-state index in [1.54, 1.807) is 18.5 Å². The van der Waals surface area contributed by atoms with E-state index < -0.39 is 0 Å². The molecule has 0 aliphatic carbocycles. The van der Waals surface area contributed by atoms with Gasteiger partial charge in [-0.25, -0.2) is 9.97 Å². The summed E-state index contributed by atoms with van der Waals surface area (Å²) in [5, 5.41) is 8.90. The van der Waals surface area contributed by atoms with Gasteiger partial charge in [-0.15, -0.1) is 10.2 Å². The number of nitrogen functional groups attached to an aromatic ring is 1. The van der Waals surface area contributed by atoms with Gasteiger partial charge in [-0.2, -0.15) is 4.98 Å². The highest BCUT2D eigenvalue weighted by molar-refractivity contribution is 5.38. The van der Waals surface area contributed by atoms with Crippen LogP contribution in [0.5, 0.6) is 0 Å². The molecule has 136 valence electrons. The predicted molar refractivity (Wildman–Crippen MR) is 97.7 cm³/mol. The van der Waals surface area contributed by atoms with Crippen molar-refractivity contribution in [2.24, 2.45) is 7.05 Å². The molecule has 1 fully saturated rings. The van der Waals surface area contributed by atoms with Crippen LogP contribution in [-0.2, 0) is 13.6 Å². The van der Waals surface area contributed by atoms with Gasteiger partial charge in [0.25, 0.3) is 0 Å². The fourth-order valence-electron chi connectivity index (χ4n) is 3.48. The molecule has 1 aliphatic rings. The van der Waals surface area contributed by atoms with Crippen molar-refractivity contribution < 1.29 is 0 Å². The van der Waals surface area contributed by atoms with E-state index in [9.17, 15) is 0 Å². The lowest BCUT2D eigenvalue weighted by Gasteiger charge is -2.32. The summed E-state index contributed by atoms with van der Waals surface area (Å²) in [6, 6.07) is 1.71. The Balaban J connectivity index is 1.53. The molecule has 2 N–H and O–H groups in total. The number of nitrogens with two attached hydrogens (primary N) is 1. The fraction of sp³-hybridized carbons (Fsp3) is 0.471. The topological polar surface area (TPSA) is 104 Å². The average Bonchev–Trinajstić information content (AvgIpc) is 3.22. The van der Waals surface area contributed by atoms with E-state index in [-0.39, 0.29) is 0 Å². The molecule has 4 heterocycles. The van der Waals surface area contributed by atoms with Crippen LogP contribution in [0.1, 0.15) is 36.2 Å². The number of hydrogen-bond donors (Lipinski definition) is 1. The van der Waals surface area contributed by atoms with Crippen LogP contribution in [0, 0.1) is 6.92 Å².